The zero-order chi connectivity index (χ0) is 23.3. The fourth-order valence-electron chi connectivity index (χ4n) is 3.51. The van der Waals surface area contributed by atoms with E-state index in [-0.39, 0.29) is 41.3 Å². The van der Waals surface area contributed by atoms with Crippen molar-refractivity contribution in [3.63, 3.8) is 0 Å². The highest BCUT2D eigenvalue weighted by Crippen LogP contribution is 2.33. The lowest BCUT2D eigenvalue weighted by atomic mass is 10.0. The maximum absolute atomic E-state index is 13.4. The molecule has 0 spiro atoms. The van der Waals surface area contributed by atoms with Crippen LogP contribution in [-0.2, 0) is 22.3 Å². The highest BCUT2D eigenvalue weighted by Gasteiger charge is 2.51. The molecule has 0 radical (unpaired) electrons. The average Bonchev–Trinajstić information content (AvgIpc) is 3.27. The first-order chi connectivity index (χ1) is 15.0. The summed E-state index contributed by atoms with van der Waals surface area (Å²) in [7, 11) is 0. The molecule has 2 aromatic heterocycles. The van der Waals surface area contributed by atoms with Crippen LogP contribution in [0, 0.1) is 5.82 Å². The molecule has 1 aliphatic heterocycles. The van der Waals surface area contributed by atoms with Crippen molar-refractivity contribution in [3.8, 4) is 0 Å². The minimum absolute atomic E-state index is 0.0190. The average molecular weight is 471 g/mol. The molecule has 0 unspecified atom stereocenters. The summed E-state index contributed by atoms with van der Waals surface area (Å²) in [5.74, 6) is -2.54. The molecule has 12 heteroatoms. The Morgan fingerprint density at radius 2 is 2.03 bits per heavy atom. The van der Waals surface area contributed by atoms with E-state index in [0.29, 0.717) is 5.56 Å². The van der Waals surface area contributed by atoms with Crippen LogP contribution in [-0.4, -0.2) is 39.0 Å². The summed E-state index contributed by atoms with van der Waals surface area (Å²) in [5, 5.41) is 13.3. The summed E-state index contributed by atoms with van der Waals surface area (Å²) in [6.45, 7) is -0.235. The molecule has 3 heterocycles. The van der Waals surface area contributed by atoms with Crippen molar-refractivity contribution in [2.75, 3.05) is 11.4 Å². The van der Waals surface area contributed by atoms with Gasteiger partial charge in [-0.3, -0.25) is 9.59 Å². The summed E-state index contributed by atoms with van der Waals surface area (Å²) in [5.41, 5.74) is -2.93. The van der Waals surface area contributed by atoms with E-state index in [1.807, 2.05) is 0 Å². The fourth-order valence-corrected chi connectivity index (χ4v) is 3.75. The fraction of sp³-hybridized carbons (Fsp3) is 0.250. The van der Waals surface area contributed by atoms with Crippen LogP contribution in [0.3, 0.4) is 0 Å². The summed E-state index contributed by atoms with van der Waals surface area (Å²) >= 11 is 5.76. The molecular weight excluding hydrogens is 456 g/mol. The Labute approximate surface area is 183 Å². The van der Waals surface area contributed by atoms with Crippen LogP contribution >= 0.6 is 11.6 Å². The topological polar surface area (TPSA) is 98.3 Å². The maximum atomic E-state index is 13.4. The van der Waals surface area contributed by atoms with Crippen LogP contribution in [0.15, 0.2) is 36.5 Å². The number of fused-ring (bicyclic) bond motifs is 1. The van der Waals surface area contributed by atoms with Gasteiger partial charge in [0.2, 0.25) is 5.60 Å². The lowest BCUT2D eigenvalue weighted by molar-refractivity contribution is -0.149. The predicted octanol–water partition coefficient (Wildman–Crippen LogP) is 3.16. The predicted molar refractivity (Wildman–Crippen MR) is 106 cm³/mol. The smallest absolute Gasteiger partial charge is 0.372 e. The summed E-state index contributed by atoms with van der Waals surface area (Å²) < 4.78 is 52.1. The molecule has 1 fully saturated rings. The summed E-state index contributed by atoms with van der Waals surface area (Å²) in [6, 6.07) is 5.82. The van der Waals surface area contributed by atoms with Crippen molar-refractivity contribution in [1.82, 2.24) is 15.3 Å². The zero-order valence-electron chi connectivity index (χ0n) is 16.1. The lowest BCUT2D eigenvalue weighted by Crippen LogP contribution is -2.52. The van der Waals surface area contributed by atoms with E-state index in [4.69, 9.17) is 11.6 Å². The standard InChI is InChI=1S/C20H15ClF4N4O3/c21-12-3-10(4-13(22)7-12)8-27-17(30)19(32)1-2-29(18(19)31)14-5-11-6-15(20(23,24)25)28-16(11)26-9-14/h3-7,9,32H,1-2,8H2,(H,26,28)(H,27,30)/t19-/m0/s1. The molecule has 0 bridgehead atoms. The van der Waals surface area contributed by atoms with Crippen molar-refractivity contribution in [1.29, 1.82) is 0 Å². The van der Waals surface area contributed by atoms with Crippen LogP contribution in [0.5, 0.6) is 0 Å². The Hall–Kier alpha value is -3.18. The molecule has 7 nitrogen and oxygen atoms in total. The second-order valence-corrected chi connectivity index (χ2v) is 7.78. The molecule has 1 aliphatic rings. The number of rotatable bonds is 4. The van der Waals surface area contributed by atoms with Gasteiger partial charge in [-0.05, 0) is 35.9 Å². The number of aliphatic hydroxyl groups is 1. The molecule has 1 atom stereocenters. The van der Waals surface area contributed by atoms with Gasteiger partial charge >= 0.3 is 6.18 Å². The van der Waals surface area contributed by atoms with E-state index in [2.05, 4.69) is 15.3 Å². The Balaban J connectivity index is 1.51. The number of nitrogens with zero attached hydrogens (tertiary/aromatic N) is 2. The van der Waals surface area contributed by atoms with Gasteiger partial charge < -0.3 is 20.3 Å². The number of aromatic amines is 1. The third kappa shape index (κ3) is 4.00. The summed E-state index contributed by atoms with van der Waals surface area (Å²) in [4.78, 5) is 32.5. The molecule has 3 N–H and O–H groups in total. The molecule has 0 saturated carbocycles. The van der Waals surface area contributed by atoms with Gasteiger partial charge in [0, 0.05) is 29.9 Å². The van der Waals surface area contributed by atoms with Crippen LogP contribution in [0.1, 0.15) is 17.7 Å². The molecule has 1 aromatic carbocycles. The first-order valence-electron chi connectivity index (χ1n) is 9.31. The molecule has 2 amide bonds. The third-order valence-electron chi connectivity index (χ3n) is 5.12. The van der Waals surface area contributed by atoms with Gasteiger partial charge in [-0.25, -0.2) is 9.37 Å². The van der Waals surface area contributed by atoms with Crippen molar-refractivity contribution < 1.29 is 32.3 Å². The monoisotopic (exact) mass is 470 g/mol. The maximum Gasteiger partial charge on any atom is 0.431 e. The van der Waals surface area contributed by atoms with Crippen molar-refractivity contribution in [2.45, 2.75) is 24.7 Å². The quantitative estimate of drug-likeness (QED) is 0.403. The van der Waals surface area contributed by atoms with E-state index >= 15 is 0 Å². The molecule has 0 aliphatic carbocycles. The Bertz CT molecular complexity index is 1210. The van der Waals surface area contributed by atoms with Crippen LogP contribution < -0.4 is 10.2 Å². The van der Waals surface area contributed by atoms with Crippen LogP contribution in [0.25, 0.3) is 11.0 Å². The number of alkyl halides is 3. The van der Waals surface area contributed by atoms with Crippen LogP contribution in [0.4, 0.5) is 23.2 Å². The zero-order valence-corrected chi connectivity index (χ0v) is 16.9. The minimum atomic E-state index is -4.59. The largest absolute Gasteiger partial charge is 0.431 e. The van der Waals surface area contributed by atoms with Crippen molar-refractivity contribution in [2.24, 2.45) is 0 Å². The number of carbonyl (C=O) groups is 2. The third-order valence-corrected chi connectivity index (χ3v) is 5.34. The van der Waals surface area contributed by atoms with Gasteiger partial charge in [0.1, 0.15) is 17.2 Å². The van der Waals surface area contributed by atoms with Gasteiger partial charge in [0.15, 0.2) is 0 Å². The minimum Gasteiger partial charge on any atom is -0.372 e. The first kappa shape index (κ1) is 22.0. The molecule has 4 rings (SSSR count). The number of H-pyrrole nitrogens is 1. The normalized spacial score (nSPS) is 19.1. The highest BCUT2D eigenvalue weighted by molar-refractivity contribution is 6.30. The van der Waals surface area contributed by atoms with E-state index in [0.717, 1.165) is 23.1 Å². The van der Waals surface area contributed by atoms with Crippen molar-refractivity contribution >= 4 is 40.1 Å². The van der Waals surface area contributed by atoms with E-state index in [9.17, 15) is 32.3 Å². The second-order valence-electron chi connectivity index (χ2n) is 7.34. The number of carbonyl (C=O) groups excluding carboxylic acids is 2. The molecule has 1 saturated heterocycles. The van der Waals surface area contributed by atoms with Crippen LogP contribution in [0.2, 0.25) is 5.02 Å². The molecule has 168 valence electrons. The number of hydrogen-bond donors (Lipinski definition) is 3. The highest BCUT2D eigenvalue weighted by atomic mass is 35.5. The van der Waals surface area contributed by atoms with Gasteiger partial charge in [-0.15, -0.1) is 0 Å². The lowest BCUT2D eigenvalue weighted by Gasteiger charge is -2.21. The molecular formula is C20H15ClF4N4O3. The van der Waals surface area contributed by atoms with E-state index in [1.165, 1.54) is 18.3 Å². The number of anilines is 1. The Morgan fingerprint density at radius 1 is 1.28 bits per heavy atom. The Kier molecular flexibility index (Phi) is 5.33. The van der Waals surface area contributed by atoms with E-state index < -0.39 is 35.1 Å². The molecule has 32 heavy (non-hydrogen) atoms. The van der Waals surface area contributed by atoms with Crippen molar-refractivity contribution in [3.05, 3.63) is 58.6 Å². The van der Waals surface area contributed by atoms with Gasteiger partial charge in [0.05, 0.1) is 11.9 Å². The number of aromatic nitrogens is 2. The number of nitrogens with one attached hydrogen (secondary N) is 2. The Morgan fingerprint density at radius 3 is 2.72 bits per heavy atom. The van der Waals surface area contributed by atoms with E-state index in [1.54, 1.807) is 0 Å². The molecule has 3 aromatic rings. The number of amides is 2. The number of benzene rings is 1. The number of pyridine rings is 1. The van der Waals surface area contributed by atoms with Gasteiger partial charge in [-0.2, -0.15) is 13.2 Å². The number of halogens is 5. The second kappa shape index (κ2) is 7.75. The van der Waals surface area contributed by atoms with Gasteiger partial charge in [0.25, 0.3) is 11.8 Å². The SMILES string of the molecule is O=C(NCc1cc(F)cc(Cl)c1)[C@@]1(O)CCN(c2cnc3[nH]c(C(F)(F)F)cc3c2)C1=O. The van der Waals surface area contributed by atoms with Gasteiger partial charge in [-0.1, -0.05) is 11.6 Å². The number of hydrogen-bond acceptors (Lipinski definition) is 4. The summed E-state index contributed by atoms with van der Waals surface area (Å²) in [6.07, 6.45) is -3.66. The first-order valence-corrected chi connectivity index (χ1v) is 9.69.